The van der Waals surface area contributed by atoms with Crippen molar-refractivity contribution in [3.8, 4) is 0 Å². The van der Waals surface area contributed by atoms with Crippen LogP contribution in [0.1, 0.15) is 6.92 Å². The van der Waals surface area contributed by atoms with E-state index in [0.717, 1.165) is 0 Å². The lowest BCUT2D eigenvalue weighted by molar-refractivity contribution is -0.0840. The van der Waals surface area contributed by atoms with E-state index in [2.05, 4.69) is 17.4 Å². The highest BCUT2D eigenvalue weighted by atomic mass is 19.1. The van der Waals surface area contributed by atoms with E-state index in [9.17, 15) is 4.39 Å². The molecular weight excluding hydrogens is 157 g/mol. The van der Waals surface area contributed by atoms with Gasteiger partial charge in [-0.25, -0.2) is 15.2 Å². The van der Waals surface area contributed by atoms with Crippen molar-refractivity contribution in [1.82, 2.24) is 15.8 Å². The first-order valence-electron chi connectivity index (χ1n) is 3.80. The van der Waals surface area contributed by atoms with Gasteiger partial charge in [0, 0.05) is 13.2 Å². The number of nitrogens with zero attached hydrogens (tertiary/aromatic N) is 1. The summed E-state index contributed by atoms with van der Waals surface area (Å²) < 4.78 is 13.3. The molecule has 0 amide bonds. The fourth-order valence-electron chi connectivity index (χ4n) is 1.10. The summed E-state index contributed by atoms with van der Waals surface area (Å²) in [4.78, 5) is 1.75. The Bertz CT molecular complexity index is 200. The zero-order valence-corrected chi connectivity index (χ0v) is 7.34. The molecule has 1 unspecified atom stereocenters. The molecule has 2 atom stereocenters. The maximum atomic E-state index is 13.3. The van der Waals surface area contributed by atoms with E-state index in [1.165, 1.54) is 6.92 Å². The lowest BCUT2D eigenvalue weighted by Crippen LogP contribution is -2.77. The number of hydrogen-bond acceptors (Lipinski definition) is 3. The van der Waals surface area contributed by atoms with Gasteiger partial charge >= 0.3 is 0 Å². The molecule has 0 aromatic carbocycles. The average molecular weight is 171 g/mol. The fraction of sp³-hybridized carbons (Fsp3) is 0.500. The number of nitrogens with one attached hydrogen (secondary N) is 2. The average Bonchev–Trinajstić information content (AvgIpc) is 1.99. The Balaban J connectivity index is 2.48. The van der Waals surface area contributed by atoms with Gasteiger partial charge < -0.3 is 4.90 Å². The Morgan fingerprint density at radius 1 is 1.67 bits per heavy atom. The molecular formula is C8H14FN3. The predicted octanol–water partition coefficient (Wildman–Crippen LogP) is 0.737. The number of likely N-dealkylation sites (N-methyl/N-ethyl adjacent to an activating group) is 1. The van der Waals surface area contributed by atoms with Crippen molar-refractivity contribution >= 4 is 0 Å². The zero-order chi connectivity index (χ0) is 9.19. The lowest BCUT2D eigenvalue weighted by atomic mass is 10.1. The van der Waals surface area contributed by atoms with Crippen molar-refractivity contribution in [2.45, 2.75) is 18.9 Å². The first-order valence-corrected chi connectivity index (χ1v) is 3.80. The third-order valence-corrected chi connectivity index (χ3v) is 1.83. The molecule has 1 aliphatic rings. The molecule has 2 N–H and O–H groups in total. The van der Waals surface area contributed by atoms with Crippen molar-refractivity contribution in [2.75, 3.05) is 7.05 Å². The van der Waals surface area contributed by atoms with E-state index >= 15 is 0 Å². The normalized spacial score (nSPS) is 34.8. The second-order valence-corrected chi connectivity index (χ2v) is 2.99. The Hall–Kier alpha value is -0.870. The van der Waals surface area contributed by atoms with E-state index in [1.54, 1.807) is 30.3 Å². The minimum absolute atomic E-state index is 0.311. The minimum atomic E-state index is -1.36. The van der Waals surface area contributed by atoms with Gasteiger partial charge in [0.1, 0.15) is 6.17 Å². The number of alkyl halides is 1. The molecule has 12 heavy (non-hydrogen) atoms. The SMILES string of the molecule is C=C/C=C\N(C)C1NN[C@@]1(C)F. The number of rotatable bonds is 3. The smallest absolute Gasteiger partial charge is 0.205 e. The summed E-state index contributed by atoms with van der Waals surface area (Å²) in [6, 6.07) is 0. The molecule has 0 saturated carbocycles. The quantitative estimate of drug-likeness (QED) is 0.484. The summed E-state index contributed by atoms with van der Waals surface area (Å²) >= 11 is 0. The van der Waals surface area contributed by atoms with Gasteiger partial charge in [0.2, 0.25) is 5.79 Å². The summed E-state index contributed by atoms with van der Waals surface area (Å²) in [5, 5.41) is 0. The number of allylic oxidation sites excluding steroid dienone is 2. The summed E-state index contributed by atoms with van der Waals surface area (Å²) in [5.74, 6) is -1.36. The molecule has 1 fully saturated rings. The van der Waals surface area contributed by atoms with Gasteiger partial charge in [0.25, 0.3) is 0 Å². The van der Waals surface area contributed by atoms with E-state index < -0.39 is 5.79 Å². The summed E-state index contributed by atoms with van der Waals surface area (Å²) in [5.41, 5.74) is 5.23. The van der Waals surface area contributed by atoms with Crippen molar-refractivity contribution in [3.05, 3.63) is 24.9 Å². The van der Waals surface area contributed by atoms with Crippen LogP contribution in [0.2, 0.25) is 0 Å². The van der Waals surface area contributed by atoms with Crippen LogP contribution in [0, 0.1) is 0 Å². The summed E-state index contributed by atoms with van der Waals surface area (Å²) in [6.07, 6.45) is 4.87. The van der Waals surface area contributed by atoms with E-state index in [-0.39, 0.29) is 6.17 Å². The van der Waals surface area contributed by atoms with Crippen LogP contribution in [0.15, 0.2) is 24.9 Å². The van der Waals surface area contributed by atoms with E-state index in [0.29, 0.717) is 0 Å². The van der Waals surface area contributed by atoms with Crippen LogP contribution in [0.3, 0.4) is 0 Å². The van der Waals surface area contributed by atoms with Gasteiger partial charge in [-0.3, -0.25) is 0 Å². The maximum Gasteiger partial charge on any atom is 0.205 e. The van der Waals surface area contributed by atoms with E-state index in [4.69, 9.17) is 0 Å². The zero-order valence-electron chi connectivity index (χ0n) is 7.34. The third kappa shape index (κ3) is 1.65. The molecule has 0 aliphatic carbocycles. The van der Waals surface area contributed by atoms with E-state index in [1.807, 2.05) is 0 Å². The number of hydrogen-bond donors (Lipinski definition) is 2. The minimum Gasteiger partial charge on any atom is -0.360 e. The molecule has 0 spiro atoms. The van der Waals surface area contributed by atoms with Crippen molar-refractivity contribution < 1.29 is 4.39 Å². The highest BCUT2D eigenvalue weighted by molar-refractivity contribution is 5.01. The first-order chi connectivity index (χ1) is 5.58. The highest BCUT2D eigenvalue weighted by Crippen LogP contribution is 2.20. The predicted molar refractivity (Wildman–Crippen MR) is 46.7 cm³/mol. The molecule has 68 valence electrons. The fourth-order valence-corrected chi connectivity index (χ4v) is 1.10. The number of halogens is 1. The molecule has 4 heteroatoms. The van der Waals surface area contributed by atoms with Crippen LogP contribution < -0.4 is 10.9 Å². The highest BCUT2D eigenvalue weighted by Gasteiger charge is 2.44. The van der Waals surface area contributed by atoms with Crippen LogP contribution in [0.25, 0.3) is 0 Å². The molecule has 1 aliphatic heterocycles. The molecule has 1 heterocycles. The van der Waals surface area contributed by atoms with Crippen molar-refractivity contribution in [3.63, 3.8) is 0 Å². The topological polar surface area (TPSA) is 27.3 Å². The van der Waals surface area contributed by atoms with Gasteiger partial charge in [-0.2, -0.15) is 0 Å². The van der Waals surface area contributed by atoms with Gasteiger partial charge in [-0.1, -0.05) is 12.7 Å². The Labute approximate surface area is 71.9 Å². The van der Waals surface area contributed by atoms with Gasteiger partial charge in [0.15, 0.2) is 0 Å². The second kappa shape index (κ2) is 3.25. The Kier molecular flexibility index (Phi) is 2.49. The van der Waals surface area contributed by atoms with Crippen LogP contribution in [-0.2, 0) is 0 Å². The third-order valence-electron chi connectivity index (χ3n) is 1.83. The summed E-state index contributed by atoms with van der Waals surface area (Å²) in [6.45, 7) is 5.02. The molecule has 0 aromatic rings. The van der Waals surface area contributed by atoms with Crippen LogP contribution in [-0.4, -0.2) is 23.9 Å². The monoisotopic (exact) mass is 171 g/mol. The van der Waals surface area contributed by atoms with Crippen molar-refractivity contribution in [1.29, 1.82) is 0 Å². The molecule has 1 rings (SSSR count). The van der Waals surface area contributed by atoms with Crippen LogP contribution in [0.4, 0.5) is 4.39 Å². The van der Waals surface area contributed by atoms with Gasteiger partial charge in [-0.05, 0) is 13.0 Å². The molecule has 0 bridgehead atoms. The van der Waals surface area contributed by atoms with Crippen LogP contribution in [0.5, 0.6) is 0 Å². The molecule has 3 nitrogen and oxygen atoms in total. The first kappa shape index (κ1) is 9.22. The lowest BCUT2D eigenvalue weighted by Gasteiger charge is -2.46. The van der Waals surface area contributed by atoms with Gasteiger partial charge in [-0.15, -0.1) is 0 Å². The Morgan fingerprint density at radius 3 is 2.67 bits per heavy atom. The standard InChI is InChI=1S/C8H14FN3/c1-4-5-6-12(3)7-8(2,9)11-10-7/h4-7,10-11H,1H2,2-3H3/b6-5-/t7?,8-/m1/s1. The Morgan fingerprint density at radius 2 is 2.33 bits per heavy atom. The second-order valence-electron chi connectivity index (χ2n) is 2.99. The summed E-state index contributed by atoms with van der Waals surface area (Å²) in [7, 11) is 1.80. The van der Waals surface area contributed by atoms with Gasteiger partial charge in [0.05, 0.1) is 0 Å². The molecule has 0 radical (unpaired) electrons. The van der Waals surface area contributed by atoms with Crippen LogP contribution >= 0.6 is 0 Å². The largest absolute Gasteiger partial charge is 0.360 e. The number of hydrazine groups is 1. The molecule has 0 aromatic heterocycles. The van der Waals surface area contributed by atoms with Crippen molar-refractivity contribution in [2.24, 2.45) is 0 Å². The maximum absolute atomic E-state index is 13.3. The molecule has 1 saturated heterocycles.